The first kappa shape index (κ1) is 64.0. The quantitative estimate of drug-likeness (QED) is 0.0195. The summed E-state index contributed by atoms with van der Waals surface area (Å²) in [5, 5.41) is 11.7. The van der Waals surface area contributed by atoms with E-state index in [0.717, 1.165) is 116 Å². The Labute approximate surface area is 415 Å². The monoisotopic (exact) mass is 948 g/mol. The van der Waals surface area contributed by atoms with Crippen LogP contribution in [0.4, 0.5) is 0 Å². The van der Waals surface area contributed by atoms with Crippen molar-refractivity contribution >= 4 is 17.9 Å². The fourth-order valence-corrected chi connectivity index (χ4v) is 6.65. The summed E-state index contributed by atoms with van der Waals surface area (Å²) in [5.41, 5.74) is 0. The Morgan fingerprint density at radius 2 is 0.838 bits per heavy atom. The van der Waals surface area contributed by atoms with Gasteiger partial charge in [0.05, 0.1) is 40.3 Å². The van der Waals surface area contributed by atoms with Gasteiger partial charge in [0, 0.05) is 12.8 Å². The van der Waals surface area contributed by atoms with E-state index in [9.17, 15) is 19.5 Å². The van der Waals surface area contributed by atoms with Crippen molar-refractivity contribution in [1.82, 2.24) is 0 Å². The first-order chi connectivity index (χ1) is 33.1. The normalized spacial score (nSPS) is 13.7. The lowest BCUT2D eigenvalue weighted by Crippen LogP contribution is -2.44. The van der Waals surface area contributed by atoms with E-state index in [1.165, 1.54) is 32.1 Å². The van der Waals surface area contributed by atoms with Crippen LogP contribution in [0.5, 0.6) is 0 Å². The third kappa shape index (κ3) is 49.8. The summed E-state index contributed by atoms with van der Waals surface area (Å²) in [7, 11) is 5.90. The Bertz CT molecular complexity index is 1480. The Kier molecular flexibility index (Phi) is 46.4. The van der Waals surface area contributed by atoms with Gasteiger partial charge in [0.15, 0.2) is 12.4 Å². The van der Waals surface area contributed by atoms with Gasteiger partial charge in [-0.1, -0.05) is 187 Å². The van der Waals surface area contributed by atoms with Crippen LogP contribution >= 0.6 is 0 Å². The smallest absolute Gasteiger partial charge is 0.306 e. The van der Waals surface area contributed by atoms with Gasteiger partial charge in [-0.25, -0.2) is 0 Å². The van der Waals surface area contributed by atoms with E-state index in [0.29, 0.717) is 23.9 Å². The van der Waals surface area contributed by atoms with E-state index in [2.05, 4.69) is 123 Å². The highest BCUT2D eigenvalue weighted by Crippen LogP contribution is 2.13. The van der Waals surface area contributed by atoms with Crippen LogP contribution in [-0.2, 0) is 33.3 Å². The number of carboxylic acids is 1. The number of allylic oxidation sites excluding steroid dienone is 18. The molecule has 9 heteroatoms. The van der Waals surface area contributed by atoms with E-state index >= 15 is 0 Å². The first-order valence-corrected chi connectivity index (χ1v) is 26.5. The second kappa shape index (κ2) is 49.4. The van der Waals surface area contributed by atoms with Crippen LogP contribution < -0.4 is 5.11 Å². The predicted molar refractivity (Wildman–Crippen MR) is 283 cm³/mol. The molecule has 0 aliphatic carbocycles. The second-order valence-corrected chi connectivity index (χ2v) is 18.4. The molecule has 0 bridgehead atoms. The number of hydrogen-bond donors (Lipinski definition) is 0. The number of aliphatic carboxylic acids is 1. The number of carbonyl (C=O) groups excluding carboxylic acids is 3. The molecule has 0 radical (unpaired) electrons. The molecule has 0 fully saturated rings. The van der Waals surface area contributed by atoms with E-state index in [1.807, 2.05) is 21.1 Å². The van der Waals surface area contributed by atoms with Crippen LogP contribution in [0.25, 0.3) is 0 Å². The third-order valence-electron chi connectivity index (χ3n) is 10.8. The molecular formula is C59H97NO8. The van der Waals surface area contributed by atoms with Gasteiger partial charge in [-0.3, -0.25) is 9.59 Å². The van der Waals surface area contributed by atoms with Gasteiger partial charge in [-0.15, -0.1) is 0 Å². The largest absolute Gasteiger partial charge is 0.545 e. The fraction of sp³-hybridized carbons (Fsp3) is 0.644. The van der Waals surface area contributed by atoms with Crippen molar-refractivity contribution < 1.29 is 42.9 Å². The molecule has 0 aliphatic heterocycles. The van der Waals surface area contributed by atoms with Gasteiger partial charge in [-0.2, -0.15) is 0 Å². The molecule has 2 atom stereocenters. The van der Waals surface area contributed by atoms with Crippen molar-refractivity contribution in [3.8, 4) is 0 Å². The van der Waals surface area contributed by atoms with Gasteiger partial charge in [0.25, 0.3) is 0 Å². The van der Waals surface area contributed by atoms with Gasteiger partial charge in [-0.05, 0) is 96.3 Å². The zero-order valence-electron chi connectivity index (χ0n) is 43.7. The number of quaternary nitrogens is 1. The van der Waals surface area contributed by atoms with Crippen LogP contribution in [0.3, 0.4) is 0 Å². The summed E-state index contributed by atoms with van der Waals surface area (Å²) in [5.74, 6) is -2.33. The van der Waals surface area contributed by atoms with E-state index < -0.39 is 24.3 Å². The van der Waals surface area contributed by atoms with Gasteiger partial charge < -0.3 is 33.3 Å². The van der Waals surface area contributed by atoms with Gasteiger partial charge in [0.2, 0.25) is 0 Å². The molecule has 9 nitrogen and oxygen atoms in total. The highest BCUT2D eigenvalue weighted by Gasteiger charge is 2.21. The number of unbranched alkanes of at least 4 members (excludes halogenated alkanes) is 14. The van der Waals surface area contributed by atoms with Crippen LogP contribution in [0.2, 0.25) is 0 Å². The topological polar surface area (TPSA) is 111 Å². The number of rotatable bonds is 47. The van der Waals surface area contributed by atoms with E-state index in [1.54, 1.807) is 0 Å². The zero-order valence-corrected chi connectivity index (χ0v) is 43.7. The van der Waals surface area contributed by atoms with Gasteiger partial charge in [0.1, 0.15) is 13.2 Å². The Morgan fingerprint density at radius 3 is 1.25 bits per heavy atom. The summed E-state index contributed by atoms with van der Waals surface area (Å²) >= 11 is 0. The average Bonchev–Trinajstić information content (AvgIpc) is 3.30. The Balaban J connectivity index is 4.34. The highest BCUT2D eigenvalue weighted by molar-refractivity contribution is 5.70. The van der Waals surface area contributed by atoms with Crippen LogP contribution in [0, 0.1) is 0 Å². The first-order valence-electron chi connectivity index (χ1n) is 26.5. The van der Waals surface area contributed by atoms with Crippen molar-refractivity contribution in [2.75, 3.05) is 47.5 Å². The summed E-state index contributed by atoms with van der Waals surface area (Å²) < 4.78 is 22.6. The minimum absolute atomic E-state index is 0.137. The molecule has 0 saturated heterocycles. The molecule has 0 aromatic rings. The molecule has 68 heavy (non-hydrogen) atoms. The number of carboxylic acid groups (broad SMARTS) is 1. The molecule has 0 spiro atoms. The van der Waals surface area contributed by atoms with Crippen LogP contribution in [-0.4, -0.2) is 82.3 Å². The predicted octanol–water partition coefficient (Wildman–Crippen LogP) is 13.8. The lowest BCUT2D eigenvalue weighted by atomic mass is 10.1. The molecule has 0 rings (SSSR count). The minimum Gasteiger partial charge on any atom is -0.545 e. The molecule has 0 saturated carbocycles. The molecule has 386 valence electrons. The SMILES string of the molecule is CC/C=C\C/C=C\C/C=C\C/C=C\C/C=C\C/C=C\C/C=C\CCCCCCCCCC(=O)OC(COC(=O)CCCCCCC/C=C\C/C=C\CCCC)COC(OCC[N+](C)(C)C)C(=O)[O-]. The molecule has 0 N–H and O–H groups in total. The second-order valence-electron chi connectivity index (χ2n) is 18.4. The Hall–Kier alpha value is -4.05. The lowest BCUT2D eigenvalue weighted by Gasteiger charge is -2.26. The molecule has 0 aromatic carbocycles. The minimum atomic E-state index is -1.63. The molecule has 2 unspecified atom stereocenters. The molecule has 0 aromatic heterocycles. The van der Waals surface area contributed by atoms with E-state index in [-0.39, 0.29) is 38.6 Å². The van der Waals surface area contributed by atoms with Crippen molar-refractivity contribution in [2.45, 2.75) is 200 Å². The Morgan fingerprint density at radius 1 is 0.456 bits per heavy atom. The third-order valence-corrected chi connectivity index (χ3v) is 10.8. The molecule has 0 amide bonds. The summed E-state index contributed by atoms with van der Waals surface area (Å²) in [6, 6.07) is 0. The van der Waals surface area contributed by atoms with Crippen molar-refractivity contribution in [2.24, 2.45) is 0 Å². The number of ether oxygens (including phenoxy) is 4. The standard InChI is InChI=1S/C59H97NO8/c1-6-8-10-12-14-16-18-20-22-23-24-25-26-27-28-29-30-31-32-33-34-35-36-38-40-42-44-46-48-50-57(62)68-55(54-67-59(58(63)64)65-52-51-60(3,4)5)53-66-56(61)49-47-45-43-41-39-37-21-19-17-15-13-11-9-7-2/h8,10,13-16,19-22,24-25,27-28,30-31,33-34,55,59H,6-7,9,11-12,17-18,23,26,29,32,35-54H2,1-5H3/b10-8-,15-13-,16-14-,21-19-,22-20-,25-24-,28-27-,31-30-,34-33-. The van der Waals surface area contributed by atoms with Gasteiger partial charge >= 0.3 is 11.9 Å². The number of nitrogens with zero attached hydrogens (tertiary/aromatic N) is 1. The maximum absolute atomic E-state index is 12.8. The number of esters is 2. The average molecular weight is 948 g/mol. The van der Waals surface area contributed by atoms with Crippen molar-refractivity contribution in [3.05, 3.63) is 109 Å². The van der Waals surface area contributed by atoms with Crippen LogP contribution in [0.15, 0.2) is 109 Å². The van der Waals surface area contributed by atoms with Crippen molar-refractivity contribution in [1.29, 1.82) is 0 Å². The molecule has 0 heterocycles. The van der Waals surface area contributed by atoms with E-state index in [4.69, 9.17) is 18.9 Å². The summed E-state index contributed by atoms with van der Waals surface area (Å²) in [4.78, 5) is 37.1. The summed E-state index contributed by atoms with van der Waals surface area (Å²) in [6.07, 6.45) is 64.1. The maximum atomic E-state index is 12.8. The number of hydrogen-bond acceptors (Lipinski definition) is 8. The van der Waals surface area contributed by atoms with Crippen molar-refractivity contribution in [3.63, 3.8) is 0 Å². The number of likely N-dealkylation sites (N-methyl/N-ethyl adjacent to an activating group) is 1. The van der Waals surface area contributed by atoms with Crippen LogP contribution in [0.1, 0.15) is 187 Å². The molecular weight excluding hydrogens is 851 g/mol. The number of carbonyl (C=O) groups is 3. The molecule has 0 aliphatic rings. The maximum Gasteiger partial charge on any atom is 0.306 e. The lowest BCUT2D eigenvalue weighted by molar-refractivity contribution is -0.870. The fourth-order valence-electron chi connectivity index (χ4n) is 6.65. The zero-order chi connectivity index (χ0) is 49.9. The summed E-state index contributed by atoms with van der Waals surface area (Å²) in [6.45, 7) is 4.53. The highest BCUT2D eigenvalue weighted by atomic mass is 16.7.